The summed E-state index contributed by atoms with van der Waals surface area (Å²) in [6.45, 7) is 6.61. The lowest BCUT2D eigenvalue weighted by molar-refractivity contribution is 0.0301. The van der Waals surface area contributed by atoms with Crippen LogP contribution in [0.4, 0.5) is 5.13 Å². The first kappa shape index (κ1) is 21.6. The Kier molecular flexibility index (Phi) is 6.47. The van der Waals surface area contributed by atoms with Crippen LogP contribution in [0.2, 0.25) is 0 Å². The molecule has 1 unspecified atom stereocenters. The third kappa shape index (κ3) is 4.40. The van der Waals surface area contributed by atoms with E-state index in [2.05, 4.69) is 20.3 Å². The maximum Gasteiger partial charge on any atom is 0.266 e. The van der Waals surface area contributed by atoms with Crippen LogP contribution in [-0.4, -0.2) is 76.5 Å². The van der Waals surface area contributed by atoms with Gasteiger partial charge in [-0.2, -0.15) is 0 Å². The molecule has 1 atom stereocenters. The number of carbonyl (C=O) groups excluding carboxylic acids is 2. The van der Waals surface area contributed by atoms with Gasteiger partial charge in [0.2, 0.25) is 0 Å². The number of aromatic nitrogens is 3. The summed E-state index contributed by atoms with van der Waals surface area (Å²) in [6, 6.07) is -0.202. The van der Waals surface area contributed by atoms with Crippen molar-refractivity contribution in [2.45, 2.75) is 39.2 Å². The van der Waals surface area contributed by atoms with Crippen LogP contribution >= 0.6 is 11.3 Å². The topological polar surface area (TPSA) is 101 Å². The van der Waals surface area contributed by atoms with E-state index in [4.69, 9.17) is 4.74 Å². The van der Waals surface area contributed by atoms with Crippen molar-refractivity contribution in [1.29, 1.82) is 0 Å². The quantitative estimate of drug-likeness (QED) is 0.773. The zero-order chi connectivity index (χ0) is 22.0. The molecule has 0 aliphatic carbocycles. The molecule has 31 heavy (non-hydrogen) atoms. The highest BCUT2D eigenvalue weighted by atomic mass is 32.1. The molecule has 2 fully saturated rings. The molecular formula is C21H28N6O3S. The number of hydrogen-bond acceptors (Lipinski definition) is 8. The Hall–Kier alpha value is -2.59. The van der Waals surface area contributed by atoms with Gasteiger partial charge in [-0.05, 0) is 33.1 Å². The molecule has 2 aliphatic rings. The SMILES string of the molecule is CNc1nc(C)c(C(=O)N2CCCCC2c2ncc(C(=O)N3CCOCC3)c(C)n2)s1. The summed E-state index contributed by atoms with van der Waals surface area (Å²) in [5.41, 5.74) is 1.88. The molecule has 2 aromatic rings. The van der Waals surface area contributed by atoms with Crippen LogP contribution < -0.4 is 5.32 Å². The number of hydrogen-bond donors (Lipinski definition) is 1. The minimum absolute atomic E-state index is 0.0316. The van der Waals surface area contributed by atoms with Crippen LogP contribution in [-0.2, 0) is 4.74 Å². The maximum atomic E-state index is 13.3. The molecule has 0 bridgehead atoms. The summed E-state index contributed by atoms with van der Waals surface area (Å²) in [5, 5.41) is 3.74. The Morgan fingerprint density at radius 3 is 2.55 bits per heavy atom. The summed E-state index contributed by atoms with van der Waals surface area (Å²) >= 11 is 1.37. The van der Waals surface area contributed by atoms with E-state index in [1.54, 1.807) is 18.1 Å². The fourth-order valence-corrected chi connectivity index (χ4v) is 4.94. The number of thiazole rings is 1. The molecule has 0 aromatic carbocycles. The van der Waals surface area contributed by atoms with Crippen molar-refractivity contribution in [2.24, 2.45) is 0 Å². The number of morpholine rings is 1. The van der Waals surface area contributed by atoms with Crippen LogP contribution in [0.25, 0.3) is 0 Å². The van der Waals surface area contributed by atoms with Crippen molar-refractivity contribution in [3.8, 4) is 0 Å². The Bertz CT molecular complexity index is 972. The van der Waals surface area contributed by atoms with Crippen LogP contribution in [0, 0.1) is 13.8 Å². The molecule has 2 saturated heterocycles. The monoisotopic (exact) mass is 444 g/mol. The molecule has 2 aromatic heterocycles. The normalized spacial score (nSPS) is 19.4. The maximum absolute atomic E-state index is 13.3. The van der Waals surface area contributed by atoms with Gasteiger partial charge in [0, 0.05) is 32.9 Å². The van der Waals surface area contributed by atoms with Gasteiger partial charge in [-0.25, -0.2) is 15.0 Å². The van der Waals surface area contributed by atoms with Crippen molar-refractivity contribution < 1.29 is 14.3 Å². The second-order valence-electron chi connectivity index (χ2n) is 7.83. The Morgan fingerprint density at radius 2 is 1.87 bits per heavy atom. The van der Waals surface area contributed by atoms with E-state index in [-0.39, 0.29) is 17.9 Å². The Labute approximate surface area is 185 Å². The fourth-order valence-electron chi connectivity index (χ4n) is 4.07. The van der Waals surface area contributed by atoms with Gasteiger partial charge in [-0.1, -0.05) is 11.3 Å². The standard InChI is InChI=1S/C21H28N6O3S/c1-13-15(19(28)26-8-10-30-11-9-26)12-23-18(24-13)16-6-4-5-7-27(16)20(29)17-14(2)25-21(22-3)31-17/h12,16H,4-11H2,1-3H3,(H,22,25). The molecule has 9 nitrogen and oxygen atoms in total. The predicted molar refractivity (Wildman–Crippen MR) is 118 cm³/mol. The Morgan fingerprint density at radius 1 is 1.10 bits per heavy atom. The average Bonchev–Trinajstić information content (AvgIpc) is 3.19. The van der Waals surface area contributed by atoms with Crippen molar-refractivity contribution >= 4 is 28.3 Å². The summed E-state index contributed by atoms with van der Waals surface area (Å²) in [7, 11) is 1.80. The second kappa shape index (κ2) is 9.27. The molecule has 166 valence electrons. The van der Waals surface area contributed by atoms with Gasteiger partial charge in [0.05, 0.1) is 36.2 Å². The number of carbonyl (C=O) groups is 2. The largest absolute Gasteiger partial charge is 0.378 e. The van der Waals surface area contributed by atoms with Crippen molar-refractivity contribution in [3.05, 3.63) is 33.8 Å². The van der Waals surface area contributed by atoms with Gasteiger partial charge in [0.1, 0.15) is 4.88 Å². The molecule has 2 aliphatic heterocycles. The average molecular weight is 445 g/mol. The first-order valence-electron chi connectivity index (χ1n) is 10.7. The minimum Gasteiger partial charge on any atom is -0.378 e. The molecule has 2 amide bonds. The van der Waals surface area contributed by atoms with Crippen LogP contribution in [0.5, 0.6) is 0 Å². The van der Waals surface area contributed by atoms with Gasteiger partial charge in [0.25, 0.3) is 11.8 Å². The number of anilines is 1. The highest BCUT2D eigenvalue weighted by molar-refractivity contribution is 7.17. The summed E-state index contributed by atoms with van der Waals surface area (Å²) in [6.07, 6.45) is 4.38. The number of piperidine rings is 1. The van der Waals surface area contributed by atoms with Gasteiger partial charge < -0.3 is 19.9 Å². The Balaban J connectivity index is 1.57. The number of likely N-dealkylation sites (tertiary alicyclic amines) is 1. The predicted octanol–water partition coefficient (Wildman–Crippen LogP) is 2.43. The van der Waals surface area contributed by atoms with E-state index in [1.165, 1.54) is 11.3 Å². The van der Waals surface area contributed by atoms with E-state index in [0.717, 1.165) is 30.1 Å². The van der Waals surface area contributed by atoms with Gasteiger partial charge in [-0.3, -0.25) is 9.59 Å². The van der Waals surface area contributed by atoms with E-state index < -0.39 is 0 Å². The molecule has 10 heteroatoms. The number of rotatable bonds is 4. The summed E-state index contributed by atoms with van der Waals surface area (Å²) < 4.78 is 5.33. The zero-order valence-corrected chi connectivity index (χ0v) is 19.0. The molecule has 0 spiro atoms. The lowest BCUT2D eigenvalue weighted by atomic mass is 10.0. The van der Waals surface area contributed by atoms with Crippen LogP contribution in [0.3, 0.4) is 0 Å². The summed E-state index contributed by atoms with van der Waals surface area (Å²) in [5.74, 6) is 0.500. The molecular weight excluding hydrogens is 416 g/mol. The lowest BCUT2D eigenvalue weighted by Crippen LogP contribution is -2.41. The molecule has 4 rings (SSSR count). The number of amides is 2. The van der Waals surface area contributed by atoms with Crippen molar-refractivity contribution in [1.82, 2.24) is 24.8 Å². The van der Waals surface area contributed by atoms with E-state index in [1.807, 2.05) is 18.7 Å². The van der Waals surface area contributed by atoms with E-state index in [0.29, 0.717) is 54.8 Å². The van der Waals surface area contributed by atoms with Gasteiger partial charge in [0.15, 0.2) is 11.0 Å². The number of nitrogens with zero attached hydrogens (tertiary/aromatic N) is 5. The fraction of sp³-hybridized carbons (Fsp3) is 0.571. The smallest absolute Gasteiger partial charge is 0.266 e. The number of nitrogens with one attached hydrogen (secondary N) is 1. The third-order valence-electron chi connectivity index (χ3n) is 5.79. The third-order valence-corrected chi connectivity index (χ3v) is 6.96. The number of ether oxygens (including phenoxy) is 1. The molecule has 0 saturated carbocycles. The van der Waals surface area contributed by atoms with Crippen LogP contribution in [0.15, 0.2) is 6.20 Å². The first-order valence-corrected chi connectivity index (χ1v) is 11.5. The zero-order valence-electron chi connectivity index (χ0n) is 18.2. The molecule has 0 radical (unpaired) electrons. The van der Waals surface area contributed by atoms with Gasteiger partial charge >= 0.3 is 0 Å². The summed E-state index contributed by atoms with van der Waals surface area (Å²) in [4.78, 5) is 44.1. The highest BCUT2D eigenvalue weighted by Crippen LogP contribution is 2.33. The van der Waals surface area contributed by atoms with Crippen molar-refractivity contribution in [3.63, 3.8) is 0 Å². The van der Waals surface area contributed by atoms with Crippen LogP contribution in [0.1, 0.15) is 62.5 Å². The van der Waals surface area contributed by atoms with E-state index in [9.17, 15) is 9.59 Å². The lowest BCUT2D eigenvalue weighted by Gasteiger charge is -2.34. The first-order chi connectivity index (χ1) is 15.0. The molecule has 1 N–H and O–H groups in total. The van der Waals surface area contributed by atoms with Gasteiger partial charge in [-0.15, -0.1) is 0 Å². The van der Waals surface area contributed by atoms with E-state index >= 15 is 0 Å². The minimum atomic E-state index is -0.202. The molecule has 4 heterocycles. The second-order valence-corrected chi connectivity index (χ2v) is 8.82. The number of aryl methyl sites for hydroxylation is 2. The van der Waals surface area contributed by atoms with Crippen molar-refractivity contribution in [2.75, 3.05) is 45.2 Å². The highest BCUT2D eigenvalue weighted by Gasteiger charge is 2.33.